The average Bonchev–Trinajstić information content (AvgIpc) is 2.33. The third kappa shape index (κ3) is 5.67. The number of amides is 1. The predicted molar refractivity (Wildman–Crippen MR) is 77.0 cm³/mol. The molecule has 1 rings (SSSR count). The van der Waals surface area contributed by atoms with Gasteiger partial charge in [0.05, 0.1) is 17.0 Å². The first-order valence-corrected chi connectivity index (χ1v) is 6.32. The van der Waals surface area contributed by atoms with Crippen LogP contribution in [0.3, 0.4) is 0 Å². The number of carbonyl (C=O) groups is 1. The van der Waals surface area contributed by atoms with E-state index in [0.717, 1.165) is 6.20 Å². The van der Waals surface area contributed by atoms with Gasteiger partial charge in [-0.05, 0) is 20.8 Å². The molecule has 21 heavy (non-hydrogen) atoms. The number of nitrogens with zero attached hydrogens (tertiary/aromatic N) is 2. The van der Waals surface area contributed by atoms with E-state index in [9.17, 15) is 14.9 Å². The Kier molecular flexibility index (Phi) is 5.50. The van der Waals surface area contributed by atoms with Crippen molar-refractivity contribution < 1.29 is 14.5 Å². The quantitative estimate of drug-likeness (QED) is 0.514. The Morgan fingerprint density at radius 3 is 2.76 bits per heavy atom. The van der Waals surface area contributed by atoms with Crippen LogP contribution in [0.2, 0.25) is 5.02 Å². The van der Waals surface area contributed by atoms with Crippen LogP contribution in [0.25, 0.3) is 0 Å². The summed E-state index contributed by atoms with van der Waals surface area (Å²) < 4.78 is 5.02. The summed E-state index contributed by atoms with van der Waals surface area (Å²) in [7, 11) is 0. The molecular weight excluding hydrogens is 298 g/mol. The molecule has 0 saturated carbocycles. The van der Waals surface area contributed by atoms with Crippen molar-refractivity contribution in [1.29, 1.82) is 0 Å². The van der Waals surface area contributed by atoms with E-state index in [1.807, 2.05) is 0 Å². The number of hydrogen-bond donors (Lipinski definition) is 1. The Labute approximate surface area is 126 Å². The summed E-state index contributed by atoms with van der Waals surface area (Å²) >= 11 is 5.84. The molecule has 1 amide bonds. The van der Waals surface area contributed by atoms with Gasteiger partial charge in [-0.15, -0.1) is 0 Å². The van der Waals surface area contributed by atoms with Crippen molar-refractivity contribution in [2.75, 3.05) is 6.54 Å². The standard InChI is InChI=1S/C13H14ClN3O4/c1-13(2,3)21-12(18)16-6-4-5-9-7-15-8-10(11(9)14)17(19)20/h7-8H,6H2,1-3H3,(H,16,18). The highest BCUT2D eigenvalue weighted by Gasteiger charge is 2.16. The van der Waals surface area contributed by atoms with Crippen molar-refractivity contribution in [3.8, 4) is 11.8 Å². The molecule has 0 fully saturated rings. The SMILES string of the molecule is CC(C)(C)OC(=O)NCC#Cc1cncc([N+](=O)[O-])c1Cl. The summed E-state index contributed by atoms with van der Waals surface area (Å²) in [6.45, 7) is 5.25. The van der Waals surface area contributed by atoms with Crippen LogP contribution >= 0.6 is 11.6 Å². The monoisotopic (exact) mass is 311 g/mol. The zero-order valence-electron chi connectivity index (χ0n) is 11.8. The molecule has 8 heteroatoms. The molecule has 0 unspecified atom stereocenters. The molecule has 0 aliphatic heterocycles. The fourth-order valence-corrected chi connectivity index (χ4v) is 1.43. The van der Waals surface area contributed by atoms with E-state index < -0.39 is 16.6 Å². The van der Waals surface area contributed by atoms with Gasteiger partial charge in [-0.1, -0.05) is 23.4 Å². The summed E-state index contributed by atoms with van der Waals surface area (Å²) in [6, 6.07) is 0. The number of alkyl carbamates (subject to hydrolysis) is 1. The zero-order valence-corrected chi connectivity index (χ0v) is 12.5. The summed E-state index contributed by atoms with van der Waals surface area (Å²) in [5.74, 6) is 5.22. The normalized spacial score (nSPS) is 10.3. The van der Waals surface area contributed by atoms with E-state index in [2.05, 4.69) is 22.1 Å². The van der Waals surface area contributed by atoms with Crippen molar-refractivity contribution in [3.63, 3.8) is 0 Å². The molecular formula is C13H14ClN3O4. The summed E-state index contributed by atoms with van der Waals surface area (Å²) in [5.41, 5.74) is -0.689. The lowest BCUT2D eigenvalue weighted by Gasteiger charge is -2.18. The first-order valence-electron chi connectivity index (χ1n) is 5.94. The van der Waals surface area contributed by atoms with Crippen molar-refractivity contribution in [2.24, 2.45) is 0 Å². The van der Waals surface area contributed by atoms with Crippen LogP contribution in [0.1, 0.15) is 26.3 Å². The molecule has 1 aromatic heterocycles. The van der Waals surface area contributed by atoms with Crippen LogP contribution in [-0.4, -0.2) is 28.1 Å². The predicted octanol–water partition coefficient (Wildman–Crippen LogP) is 2.52. The van der Waals surface area contributed by atoms with Crippen LogP contribution in [0, 0.1) is 22.0 Å². The molecule has 0 spiro atoms. The molecule has 112 valence electrons. The maximum Gasteiger partial charge on any atom is 0.408 e. The van der Waals surface area contributed by atoms with E-state index in [-0.39, 0.29) is 22.8 Å². The van der Waals surface area contributed by atoms with Crippen molar-refractivity contribution >= 4 is 23.4 Å². The van der Waals surface area contributed by atoms with E-state index in [0.29, 0.717) is 0 Å². The lowest BCUT2D eigenvalue weighted by atomic mass is 10.2. The zero-order chi connectivity index (χ0) is 16.0. The molecule has 0 aliphatic rings. The van der Waals surface area contributed by atoms with Crippen LogP contribution in [0.5, 0.6) is 0 Å². The third-order valence-corrected chi connectivity index (χ3v) is 2.40. The van der Waals surface area contributed by atoms with Crippen molar-refractivity contribution in [3.05, 3.63) is 33.1 Å². The smallest absolute Gasteiger partial charge is 0.408 e. The topological polar surface area (TPSA) is 94.4 Å². The van der Waals surface area contributed by atoms with Crippen LogP contribution in [-0.2, 0) is 4.74 Å². The van der Waals surface area contributed by atoms with Crippen LogP contribution in [0.4, 0.5) is 10.5 Å². The number of pyridine rings is 1. The molecule has 0 bridgehead atoms. The number of hydrogen-bond acceptors (Lipinski definition) is 5. The Morgan fingerprint density at radius 2 is 2.19 bits per heavy atom. The lowest BCUT2D eigenvalue weighted by molar-refractivity contribution is -0.385. The second-order valence-corrected chi connectivity index (χ2v) is 5.31. The Hall–Kier alpha value is -2.33. The summed E-state index contributed by atoms with van der Waals surface area (Å²) in [5, 5.41) is 13.0. The highest BCUT2D eigenvalue weighted by molar-refractivity contribution is 6.33. The number of halogens is 1. The molecule has 1 aromatic rings. The van der Waals surface area contributed by atoms with E-state index >= 15 is 0 Å². The highest BCUT2D eigenvalue weighted by Crippen LogP contribution is 2.25. The van der Waals surface area contributed by atoms with Gasteiger partial charge < -0.3 is 10.1 Å². The van der Waals surface area contributed by atoms with Crippen LogP contribution < -0.4 is 5.32 Å². The second-order valence-electron chi connectivity index (χ2n) is 4.93. The average molecular weight is 312 g/mol. The Bertz CT molecular complexity index is 614. The Morgan fingerprint density at radius 1 is 1.52 bits per heavy atom. The number of carbonyl (C=O) groups excluding carboxylic acids is 1. The molecule has 0 atom stereocenters. The second kappa shape index (κ2) is 6.90. The molecule has 1 heterocycles. The van der Waals surface area contributed by atoms with Gasteiger partial charge in [-0.25, -0.2) is 4.79 Å². The fourth-order valence-electron chi connectivity index (χ4n) is 1.22. The maximum atomic E-state index is 11.4. The highest BCUT2D eigenvalue weighted by atomic mass is 35.5. The van der Waals surface area contributed by atoms with Gasteiger partial charge in [0, 0.05) is 6.20 Å². The molecule has 0 saturated heterocycles. The largest absolute Gasteiger partial charge is 0.444 e. The number of nitro groups is 1. The van der Waals surface area contributed by atoms with E-state index in [1.165, 1.54) is 6.20 Å². The van der Waals surface area contributed by atoms with Gasteiger partial charge in [-0.3, -0.25) is 15.1 Å². The maximum absolute atomic E-state index is 11.4. The van der Waals surface area contributed by atoms with Gasteiger partial charge in [0.2, 0.25) is 0 Å². The number of rotatable bonds is 2. The molecule has 0 radical (unpaired) electrons. The van der Waals surface area contributed by atoms with Crippen LogP contribution in [0.15, 0.2) is 12.4 Å². The van der Waals surface area contributed by atoms with E-state index in [4.69, 9.17) is 16.3 Å². The van der Waals surface area contributed by atoms with Gasteiger partial charge in [0.25, 0.3) is 0 Å². The molecule has 7 nitrogen and oxygen atoms in total. The van der Waals surface area contributed by atoms with Crippen molar-refractivity contribution in [2.45, 2.75) is 26.4 Å². The molecule has 1 N–H and O–H groups in total. The van der Waals surface area contributed by atoms with Gasteiger partial charge in [0.15, 0.2) is 0 Å². The fraction of sp³-hybridized carbons (Fsp3) is 0.385. The number of nitrogens with one attached hydrogen (secondary N) is 1. The third-order valence-electron chi connectivity index (χ3n) is 2.00. The van der Waals surface area contributed by atoms with Gasteiger partial charge >= 0.3 is 11.8 Å². The lowest BCUT2D eigenvalue weighted by Crippen LogP contribution is -2.32. The first-order chi connectivity index (χ1) is 9.70. The minimum atomic E-state index is -0.639. The van der Waals surface area contributed by atoms with Crippen molar-refractivity contribution in [1.82, 2.24) is 10.3 Å². The van der Waals surface area contributed by atoms with Gasteiger partial charge in [0.1, 0.15) is 16.8 Å². The first kappa shape index (κ1) is 16.7. The minimum Gasteiger partial charge on any atom is -0.444 e. The summed E-state index contributed by atoms with van der Waals surface area (Å²) in [4.78, 5) is 25.1. The summed E-state index contributed by atoms with van der Waals surface area (Å²) in [6.07, 6.45) is 1.77. The van der Waals surface area contributed by atoms with Gasteiger partial charge in [-0.2, -0.15) is 0 Å². The number of ether oxygens (including phenoxy) is 1. The molecule has 0 aromatic carbocycles. The minimum absolute atomic E-state index is 0.0218. The number of aromatic nitrogens is 1. The Balaban J connectivity index is 2.66. The molecule has 0 aliphatic carbocycles. The van der Waals surface area contributed by atoms with E-state index in [1.54, 1.807) is 20.8 Å².